The smallest absolute Gasteiger partial charge is 0.330 e. The summed E-state index contributed by atoms with van der Waals surface area (Å²) in [5.74, 6) is -5.87. The molecular weight excluding hydrogens is 384 g/mol. The molecule has 9 heteroatoms. The summed E-state index contributed by atoms with van der Waals surface area (Å²) in [5.41, 5.74) is -3.58. The summed E-state index contributed by atoms with van der Waals surface area (Å²) in [7, 11) is 2.44. The first-order chi connectivity index (χ1) is 13.6. The number of methoxy groups -OCH3 is 2. The summed E-state index contributed by atoms with van der Waals surface area (Å²) in [6.45, 7) is 4.90. The van der Waals surface area contributed by atoms with Gasteiger partial charge in [0.25, 0.3) is 0 Å². The number of rotatable bonds is 7. The van der Waals surface area contributed by atoms with Crippen molar-refractivity contribution in [3.8, 4) is 0 Å². The van der Waals surface area contributed by atoms with Crippen LogP contribution in [0.5, 0.6) is 0 Å². The molecule has 0 aliphatic carbocycles. The van der Waals surface area contributed by atoms with Gasteiger partial charge in [0.1, 0.15) is 16.9 Å². The van der Waals surface area contributed by atoms with E-state index in [2.05, 4.69) is 0 Å². The van der Waals surface area contributed by atoms with Crippen LogP contribution in [0.2, 0.25) is 0 Å². The highest BCUT2D eigenvalue weighted by Crippen LogP contribution is 2.51. The normalized spacial score (nSPS) is 33.4. The summed E-state index contributed by atoms with van der Waals surface area (Å²) in [6.07, 6.45) is 4.62. The Labute approximate surface area is 168 Å². The van der Waals surface area contributed by atoms with Gasteiger partial charge in [-0.05, 0) is 39.3 Å². The van der Waals surface area contributed by atoms with Crippen LogP contribution in [0.25, 0.3) is 0 Å². The first-order valence-electron chi connectivity index (χ1n) is 9.26. The lowest BCUT2D eigenvalue weighted by Crippen LogP contribution is -2.49. The zero-order valence-electron chi connectivity index (χ0n) is 17.2. The van der Waals surface area contributed by atoms with Crippen molar-refractivity contribution in [2.45, 2.75) is 38.6 Å². The Hall–Kier alpha value is -2.52. The van der Waals surface area contributed by atoms with Gasteiger partial charge < -0.3 is 23.7 Å². The molecule has 2 heterocycles. The first-order valence-corrected chi connectivity index (χ1v) is 9.26. The van der Waals surface area contributed by atoms with Crippen molar-refractivity contribution >= 4 is 23.7 Å². The number of Topliss-reactive ketones (excluding diaryl/α,β-unsaturated/α-hetero) is 1. The molecule has 1 saturated heterocycles. The average Bonchev–Trinajstić information content (AvgIpc) is 3.03. The number of fused-ring (bicyclic) bond motifs is 2. The fourth-order valence-electron chi connectivity index (χ4n) is 3.70. The largest absolute Gasteiger partial charge is 0.468 e. The van der Waals surface area contributed by atoms with Crippen molar-refractivity contribution in [3.05, 3.63) is 24.3 Å². The lowest BCUT2D eigenvalue weighted by atomic mass is 9.69. The molecule has 0 radical (unpaired) electrons. The standard InChI is InChI=1S/C20H26O9/c1-6-27-14(21)8-9-19(17(24)25-4)12-13(15(22)28-7-2)20(26-5)11-10-18(3,29-20)16(19)23/h8-11,13H,6-7,12H2,1-5H3/b9-8+/t13-,18-,19?,20+/m0/s1. The number of esters is 3. The van der Waals surface area contributed by atoms with Gasteiger partial charge in [-0.25, -0.2) is 4.79 Å². The van der Waals surface area contributed by atoms with Gasteiger partial charge in [0.15, 0.2) is 5.78 Å². The van der Waals surface area contributed by atoms with Crippen LogP contribution in [-0.2, 0) is 42.9 Å². The van der Waals surface area contributed by atoms with Gasteiger partial charge in [-0.1, -0.05) is 6.08 Å². The first kappa shape index (κ1) is 22.8. The summed E-state index contributed by atoms with van der Waals surface area (Å²) in [6, 6.07) is 0. The van der Waals surface area contributed by atoms with E-state index >= 15 is 0 Å². The van der Waals surface area contributed by atoms with Gasteiger partial charge in [0.2, 0.25) is 5.79 Å². The zero-order valence-corrected chi connectivity index (χ0v) is 17.2. The second-order valence-corrected chi connectivity index (χ2v) is 6.85. The van der Waals surface area contributed by atoms with Gasteiger partial charge >= 0.3 is 17.9 Å². The third-order valence-electron chi connectivity index (χ3n) is 5.10. The van der Waals surface area contributed by atoms with Crippen LogP contribution in [0.3, 0.4) is 0 Å². The SMILES string of the molecule is CCOC(=O)/C=C/C1(C(=O)OC)C[C@@H](C(=O)OCC)[C@@]2(OC)C=C[C@](C)(O2)C1=O. The van der Waals surface area contributed by atoms with E-state index in [1.165, 1.54) is 26.2 Å². The number of hydrogen-bond acceptors (Lipinski definition) is 9. The number of ketones is 1. The topological polar surface area (TPSA) is 114 Å². The van der Waals surface area contributed by atoms with Gasteiger partial charge in [-0.3, -0.25) is 14.4 Å². The summed E-state index contributed by atoms with van der Waals surface area (Å²) >= 11 is 0. The highest BCUT2D eigenvalue weighted by atomic mass is 16.7. The predicted octanol–water partition coefficient (Wildman–Crippen LogP) is 1.10. The molecule has 0 aromatic rings. The van der Waals surface area contributed by atoms with Crippen molar-refractivity contribution < 1.29 is 42.9 Å². The third-order valence-corrected chi connectivity index (χ3v) is 5.10. The van der Waals surface area contributed by atoms with Gasteiger partial charge in [-0.15, -0.1) is 0 Å². The maximum Gasteiger partial charge on any atom is 0.330 e. The minimum Gasteiger partial charge on any atom is -0.468 e. The molecule has 0 amide bonds. The molecular formula is C20H26O9. The highest BCUT2D eigenvalue weighted by molar-refractivity contribution is 6.12. The molecule has 160 valence electrons. The molecule has 0 saturated carbocycles. The van der Waals surface area contributed by atoms with Crippen molar-refractivity contribution in [1.82, 2.24) is 0 Å². The molecule has 4 atom stereocenters. The minimum atomic E-state index is -1.99. The van der Waals surface area contributed by atoms with Crippen LogP contribution in [0.4, 0.5) is 0 Å². The monoisotopic (exact) mass is 410 g/mol. The maximum absolute atomic E-state index is 13.5. The van der Waals surface area contributed by atoms with Crippen LogP contribution in [0.15, 0.2) is 24.3 Å². The van der Waals surface area contributed by atoms with Crippen LogP contribution in [0.1, 0.15) is 27.2 Å². The Morgan fingerprint density at radius 2 is 1.83 bits per heavy atom. The van der Waals surface area contributed by atoms with Crippen LogP contribution in [-0.4, -0.2) is 62.5 Å². The van der Waals surface area contributed by atoms with Crippen LogP contribution >= 0.6 is 0 Å². The Morgan fingerprint density at radius 1 is 1.17 bits per heavy atom. The molecule has 2 bridgehead atoms. The van der Waals surface area contributed by atoms with E-state index in [-0.39, 0.29) is 19.6 Å². The van der Waals surface area contributed by atoms with Crippen molar-refractivity contribution in [2.75, 3.05) is 27.4 Å². The molecule has 0 N–H and O–H groups in total. The fraction of sp³-hybridized carbons (Fsp3) is 0.600. The van der Waals surface area contributed by atoms with E-state index in [1.807, 2.05) is 0 Å². The van der Waals surface area contributed by atoms with Gasteiger partial charge in [-0.2, -0.15) is 0 Å². The third kappa shape index (κ3) is 3.84. The Morgan fingerprint density at radius 3 is 2.38 bits per heavy atom. The molecule has 1 fully saturated rings. The van der Waals surface area contributed by atoms with Crippen LogP contribution in [0, 0.1) is 11.3 Å². The molecule has 9 nitrogen and oxygen atoms in total. The second kappa shape index (κ2) is 8.46. The van der Waals surface area contributed by atoms with Crippen molar-refractivity contribution in [3.63, 3.8) is 0 Å². The molecule has 0 aromatic carbocycles. The maximum atomic E-state index is 13.5. The Balaban J connectivity index is 2.67. The average molecular weight is 410 g/mol. The molecule has 2 aliphatic rings. The molecule has 2 aliphatic heterocycles. The number of hydrogen-bond donors (Lipinski definition) is 0. The minimum absolute atomic E-state index is 0.0773. The lowest BCUT2D eigenvalue weighted by molar-refractivity contribution is -0.240. The summed E-state index contributed by atoms with van der Waals surface area (Å²) in [5, 5.41) is 0. The second-order valence-electron chi connectivity index (χ2n) is 6.85. The van der Waals surface area contributed by atoms with Gasteiger partial charge in [0, 0.05) is 13.2 Å². The quantitative estimate of drug-likeness (QED) is 0.200. The van der Waals surface area contributed by atoms with Crippen molar-refractivity contribution in [1.29, 1.82) is 0 Å². The Kier molecular flexibility index (Phi) is 6.64. The number of carbonyl (C=O) groups is 4. The molecule has 2 rings (SSSR count). The van der Waals surface area contributed by atoms with Crippen LogP contribution < -0.4 is 0 Å². The van der Waals surface area contributed by atoms with Gasteiger partial charge in [0.05, 0.1) is 20.3 Å². The highest BCUT2D eigenvalue weighted by Gasteiger charge is 2.65. The molecule has 0 spiro atoms. The van der Waals surface area contributed by atoms with E-state index < -0.39 is 46.4 Å². The van der Waals surface area contributed by atoms with E-state index in [9.17, 15) is 19.2 Å². The molecule has 1 unspecified atom stereocenters. The summed E-state index contributed by atoms with van der Waals surface area (Å²) < 4.78 is 26.3. The summed E-state index contributed by atoms with van der Waals surface area (Å²) in [4.78, 5) is 51.0. The molecule has 0 aromatic heterocycles. The fourth-order valence-corrected chi connectivity index (χ4v) is 3.70. The zero-order chi connectivity index (χ0) is 21.9. The van der Waals surface area contributed by atoms with E-state index in [1.54, 1.807) is 13.8 Å². The van der Waals surface area contributed by atoms with E-state index in [0.29, 0.717) is 0 Å². The number of carbonyl (C=O) groups excluding carboxylic acids is 4. The molecule has 29 heavy (non-hydrogen) atoms. The van der Waals surface area contributed by atoms with E-state index in [4.69, 9.17) is 23.7 Å². The van der Waals surface area contributed by atoms with E-state index in [0.717, 1.165) is 19.3 Å². The number of ether oxygens (including phenoxy) is 5. The predicted molar refractivity (Wildman–Crippen MR) is 98.3 cm³/mol. The Bertz CT molecular complexity index is 755. The lowest BCUT2D eigenvalue weighted by Gasteiger charge is -2.33. The van der Waals surface area contributed by atoms with Crippen molar-refractivity contribution in [2.24, 2.45) is 11.3 Å².